The van der Waals surface area contributed by atoms with Crippen molar-refractivity contribution < 1.29 is 0 Å². The molecule has 0 bridgehead atoms. The zero-order valence-electron chi connectivity index (χ0n) is 10.5. The first-order valence-electron chi connectivity index (χ1n) is 7.02. The largest absolute Gasteiger partial charge is 0.324 e. The SMILES string of the molecule is NC1(C2CCc3cccnc32)CCCCCC1. The van der Waals surface area contributed by atoms with Crippen molar-refractivity contribution in [3.63, 3.8) is 0 Å². The number of nitrogens with two attached hydrogens (primary N) is 1. The lowest BCUT2D eigenvalue weighted by Gasteiger charge is -2.34. The highest BCUT2D eigenvalue weighted by Crippen LogP contribution is 2.43. The van der Waals surface area contributed by atoms with E-state index in [1.54, 1.807) is 0 Å². The van der Waals surface area contributed by atoms with Gasteiger partial charge in [-0.3, -0.25) is 4.98 Å². The first-order valence-corrected chi connectivity index (χ1v) is 7.02. The molecule has 1 aromatic heterocycles. The Morgan fingerprint density at radius 1 is 1.18 bits per heavy atom. The fourth-order valence-electron chi connectivity index (χ4n) is 3.71. The molecule has 1 unspecified atom stereocenters. The average Bonchev–Trinajstić information content (AvgIpc) is 2.67. The maximum Gasteiger partial charge on any atom is 0.0484 e. The second-order valence-electron chi connectivity index (χ2n) is 5.79. The Kier molecular flexibility index (Phi) is 2.91. The van der Waals surface area contributed by atoms with Crippen molar-refractivity contribution in [1.29, 1.82) is 0 Å². The summed E-state index contributed by atoms with van der Waals surface area (Å²) >= 11 is 0. The fraction of sp³-hybridized carbons (Fsp3) is 0.667. The predicted octanol–water partition coefficient (Wildman–Crippen LogP) is 3.16. The van der Waals surface area contributed by atoms with Gasteiger partial charge in [-0.15, -0.1) is 0 Å². The van der Waals surface area contributed by atoms with Crippen LogP contribution in [0.3, 0.4) is 0 Å². The van der Waals surface area contributed by atoms with Gasteiger partial charge in [0.25, 0.3) is 0 Å². The Hall–Kier alpha value is -0.890. The van der Waals surface area contributed by atoms with Crippen molar-refractivity contribution in [1.82, 2.24) is 4.98 Å². The summed E-state index contributed by atoms with van der Waals surface area (Å²) in [4.78, 5) is 4.61. The van der Waals surface area contributed by atoms with Crippen molar-refractivity contribution in [2.45, 2.75) is 62.8 Å². The van der Waals surface area contributed by atoms with Crippen molar-refractivity contribution in [2.75, 3.05) is 0 Å². The Balaban J connectivity index is 1.89. The molecule has 0 spiro atoms. The van der Waals surface area contributed by atoms with Crippen LogP contribution >= 0.6 is 0 Å². The number of aromatic nitrogens is 1. The summed E-state index contributed by atoms with van der Waals surface area (Å²) < 4.78 is 0. The molecule has 0 aromatic carbocycles. The fourth-order valence-corrected chi connectivity index (χ4v) is 3.71. The minimum absolute atomic E-state index is 0.0239. The molecule has 1 fully saturated rings. The molecule has 1 atom stereocenters. The molecule has 2 N–H and O–H groups in total. The minimum Gasteiger partial charge on any atom is -0.324 e. The molecular weight excluding hydrogens is 208 g/mol. The van der Waals surface area contributed by atoms with E-state index in [2.05, 4.69) is 17.1 Å². The van der Waals surface area contributed by atoms with Gasteiger partial charge in [0.05, 0.1) is 0 Å². The Labute approximate surface area is 104 Å². The summed E-state index contributed by atoms with van der Waals surface area (Å²) in [6, 6.07) is 4.28. The lowest BCUT2D eigenvalue weighted by molar-refractivity contribution is 0.297. The molecule has 2 heteroatoms. The van der Waals surface area contributed by atoms with E-state index in [1.165, 1.54) is 62.6 Å². The lowest BCUT2D eigenvalue weighted by atomic mass is 9.77. The third-order valence-corrected chi connectivity index (χ3v) is 4.69. The normalized spacial score (nSPS) is 27.5. The molecule has 2 aliphatic carbocycles. The Morgan fingerprint density at radius 3 is 2.71 bits per heavy atom. The van der Waals surface area contributed by atoms with Gasteiger partial charge >= 0.3 is 0 Å². The van der Waals surface area contributed by atoms with E-state index in [0.717, 1.165) is 0 Å². The molecule has 0 aliphatic heterocycles. The van der Waals surface area contributed by atoms with E-state index >= 15 is 0 Å². The Morgan fingerprint density at radius 2 is 1.94 bits per heavy atom. The Bertz CT molecular complexity index is 392. The van der Waals surface area contributed by atoms with E-state index < -0.39 is 0 Å². The number of aryl methyl sites for hydroxylation is 1. The molecule has 0 radical (unpaired) electrons. The van der Waals surface area contributed by atoms with Crippen LogP contribution in [0.5, 0.6) is 0 Å². The summed E-state index contributed by atoms with van der Waals surface area (Å²) in [6.45, 7) is 0. The number of fused-ring (bicyclic) bond motifs is 1. The van der Waals surface area contributed by atoms with Crippen LogP contribution in [0.4, 0.5) is 0 Å². The average molecular weight is 230 g/mol. The highest BCUT2D eigenvalue weighted by atomic mass is 14.8. The number of hydrogen-bond donors (Lipinski definition) is 1. The zero-order chi connectivity index (χ0) is 11.7. The number of pyridine rings is 1. The van der Waals surface area contributed by atoms with E-state index in [1.807, 2.05) is 6.20 Å². The van der Waals surface area contributed by atoms with Crippen LogP contribution in [0.25, 0.3) is 0 Å². The van der Waals surface area contributed by atoms with Gasteiger partial charge in [-0.05, 0) is 37.3 Å². The lowest BCUT2D eigenvalue weighted by Crippen LogP contribution is -2.44. The van der Waals surface area contributed by atoms with Gasteiger partial charge in [0.15, 0.2) is 0 Å². The van der Waals surface area contributed by atoms with E-state index in [4.69, 9.17) is 5.73 Å². The maximum absolute atomic E-state index is 6.74. The third kappa shape index (κ3) is 1.99. The summed E-state index contributed by atoms with van der Waals surface area (Å²) in [6.07, 6.45) is 12.0. The summed E-state index contributed by atoms with van der Waals surface area (Å²) in [7, 11) is 0. The van der Waals surface area contributed by atoms with Crippen LogP contribution in [-0.2, 0) is 6.42 Å². The summed E-state index contributed by atoms with van der Waals surface area (Å²) in [5.41, 5.74) is 9.50. The quantitative estimate of drug-likeness (QED) is 0.753. The molecule has 1 saturated carbocycles. The van der Waals surface area contributed by atoms with Crippen LogP contribution in [0.1, 0.15) is 62.1 Å². The summed E-state index contributed by atoms with van der Waals surface area (Å²) in [5.74, 6) is 0.511. The molecule has 1 aromatic rings. The standard InChI is InChI=1S/C15H22N2/c16-15(9-3-1-2-4-10-15)13-8-7-12-6-5-11-17-14(12)13/h5-6,11,13H,1-4,7-10,16H2. The molecule has 17 heavy (non-hydrogen) atoms. The molecular formula is C15H22N2. The van der Waals surface area contributed by atoms with Crippen molar-refractivity contribution >= 4 is 0 Å². The predicted molar refractivity (Wildman–Crippen MR) is 69.9 cm³/mol. The first kappa shape index (κ1) is 11.2. The third-order valence-electron chi connectivity index (χ3n) is 4.69. The van der Waals surface area contributed by atoms with Crippen LogP contribution in [0.2, 0.25) is 0 Å². The number of hydrogen-bond acceptors (Lipinski definition) is 2. The molecule has 2 nitrogen and oxygen atoms in total. The summed E-state index contributed by atoms with van der Waals surface area (Å²) in [5, 5.41) is 0. The highest BCUT2D eigenvalue weighted by Gasteiger charge is 2.40. The van der Waals surface area contributed by atoms with E-state index in [9.17, 15) is 0 Å². The van der Waals surface area contributed by atoms with Crippen LogP contribution in [0, 0.1) is 0 Å². The maximum atomic E-state index is 6.74. The van der Waals surface area contributed by atoms with E-state index in [0.29, 0.717) is 5.92 Å². The monoisotopic (exact) mass is 230 g/mol. The molecule has 0 amide bonds. The van der Waals surface area contributed by atoms with Crippen molar-refractivity contribution in [2.24, 2.45) is 5.73 Å². The topological polar surface area (TPSA) is 38.9 Å². The van der Waals surface area contributed by atoms with Gasteiger partial charge in [-0.2, -0.15) is 0 Å². The van der Waals surface area contributed by atoms with Gasteiger partial charge in [0, 0.05) is 23.3 Å². The highest BCUT2D eigenvalue weighted by molar-refractivity contribution is 5.31. The smallest absolute Gasteiger partial charge is 0.0484 e. The molecule has 0 saturated heterocycles. The molecule has 1 heterocycles. The number of nitrogens with zero attached hydrogens (tertiary/aromatic N) is 1. The van der Waals surface area contributed by atoms with Gasteiger partial charge in [0.2, 0.25) is 0 Å². The molecule has 2 aliphatic rings. The van der Waals surface area contributed by atoms with Gasteiger partial charge < -0.3 is 5.73 Å². The van der Waals surface area contributed by atoms with Crippen molar-refractivity contribution in [3.8, 4) is 0 Å². The zero-order valence-corrected chi connectivity index (χ0v) is 10.5. The second-order valence-corrected chi connectivity index (χ2v) is 5.79. The van der Waals surface area contributed by atoms with Gasteiger partial charge in [0.1, 0.15) is 0 Å². The minimum atomic E-state index is 0.0239. The number of rotatable bonds is 1. The van der Waals surface area contributed by atoms with Gasteiger partial charge in [-0.1, -0.05) is 31.7 Å². The second kappa shape index (κ2) is 4.41. The van der Waals surface area contributed by atoms with Crippen molar-refractivity contribution in [3.05, 3.63) is 29.6 Å². The van der Waals surface area contributed by atoms with Gasteiger partial charge in [-0.25, -0.2) is 0 Å². The van der Waals surface area contributed by atoms with Crippen LogP contribution in [0.15, 0.2) is 18.3 Å². The molecule has 92 valence electrons. The van der Waals surface area contributed by atoms with Crippen LogP contribution < -0.4 is 5.73 Å². The van der Waals surface area contributed by atoms with Crippen LogP contribution in [-0.4, -0.2) is 10.5 Å². The van der Waals surface area contributed by atoms with E-state index in [-0.39, 0.29) is 5.54 Å². The molecule has 3 rings (SSSR count). The first-order chi connectivity index (χ1) is 8.30.